The summed E-state index contributed by atoms with van der Waals surface area (Å²) in [5.74, 6) is -0.680. The Morgan fingerprint density at radius 2 is 2.47 bits per heavy atom. The Kier molecular flexibility index (Phi) is 3.98. The third-order valence-corrected chi connectivity index (χ3v) is 3.65. The fraction of sp³-hybridized carbons (Fsp3) is 0.556. The Morgan fingerprint density at radius 1 is 1.74 bits per heavy atom. The molecule has 2 heterocycles. The van der Waals surface area contributed by atoms with Crippen LogP contribution in [0.5, 0.6) is 0 Å². The Morgan fingerprint density at radius 3 is 3.00 bits per heavy atom. The lowest BCUT2D eigenvalue weighted by molar-refractivity contribution is -0.0226. The maximum atomic E-state index is 11.0. The summed E-state index contributed by atoms with van der Waals surface area (Å²) in [7, 11) is 0. The molecule has 0 spiro atoms. The van der Waals surface area contributed by atoms with Crippen LogP contribution in [0, 0.1) is 0 Å². The zero-order valence-corrected chi connectivity index (χ0v) is 10.4. The molecule has 0 bridgehead atoms. The summed E-state index contributed by atoms with van der Waals surface area (Å²) < 4.78 is 5.40. The zero-order valence-electron chi connectivity index (χ0n) is 9.58. The van der Waals surface area contributed by atoms with Crippen molar-refractivity contribution >= 4 is 17.2 Å². The van der Waals surface area contributed by atoms with E-state index in [9.17, 15) is 9.90 Å². The van der Waals surface area contributed by atoms with Gasteiger partial charge in [-0.05, 0) is 5.53 Å². The fourth-order valence-corrected chi connectivity index (χ4v) is 2.70. The van der Waals surface area contributed by atoms with E-state index in [2.05, 4.69) is 15.0 Å². The minimum absolute atomic E-state index is 0.0743. The number of nitrogens with zero attached hydrogens (tertiary/aromatic N) is 4. The molecule has 2 rings (SSSR count). The molecule has 1 amide bonds. The van der Waals surface area contributed by atoms with Gasteiger partial charge in [0, 0.05) is 10.3 Å². The van der Waals surface area contributed by atoms with Gasteiger partial charge in [0.1, 0.15) is 22.9 Å². The number of rotatable bonds is 4. The maximum absolute atomic E-state index is 11.0. The molecule has 1 saturated heterocycles. The van der Waals surface area contributed by atoms with E-state index in [0.29, 0.717) is 5.01 Å². The van der Waals surface area contributed by atoms with Gasteiger partial charge < -0.3 is 20.7 Å². The minimum atomic E-state index is -1.13. The first-order valence-corrected chi connectivity index (χ1v) is 6.20. The highest BCUT2D eigenvalue weighted by Crippen LogP contribution is 2.37. The molecule has 4 N–H and O–H groups in total. The van der Waals surface area contributed by atoms with Crippen molar-refractivity contribution < 1.29 is 19.7 Å². The van der Waals surface area contributed by atoms with Crippen molar-refractivity contribution in [2.45, 2.75) is 24.4 Å². The fourth-order valence-electron chi connectivity index (χ4n) is 1.82. The van der Waals surface area contributed by atoms with Gasteiger partial charge in [-0.25, -0.2) is 4.98 Å². The summed E-state index contributed by atoms with van der Waals surface area (Å²) in [5.41, 5.74) is 13.7. The van der Waals surface area contributed by atoms with Crippen LogP contribution >= 0.6 is 11.3 Å². The molecule has 102 valence electrons. The summed E-state index contributed by atoms with van der Waals surface area (Å²) >= 11 is 1.11. The molecular formula is C9H11N5O4S. The van der Waals surface area contributed by atoms with Crippen LogP contribution in [0.1, 0.15) is 21.6 Å². The number of primary amides is 1. The lowest BCUT2D eigenvalue weighted by Crippen LogP contribution is -2.31. The molecule has 4 atom stereocenters. The molecule has 0 aromatic carbocycles. The van der Waals surface area contributed by atoms with Crippen LogP contribution in [0.4, 0.5) is 0 Å². The molecule has 9 nitrogen and oxygen atoms in total. The molecule has 0 unspecified atom stereocenters. The van der Waals surface area contributed by atoms with Crippen LogP contribution < -0.4 is 5.73 Å². The van der Waals surface area contributed by atoms with Crippen LogP contribution in [-0.2, 0) is 4.74 Å². The van der Waals surface area contributed by atoms with Crippen molar-refractivity contribution in [1.82, 2.24) is 4.98 Å². The first-order chi connectivity index (χ1) is 9.08. The summed E-state index contributed by atoms with van der Waals surface area (Å²) in [4.78, 5) is 17.6. The number of amides is 1. The van der Waals surface area contributed by atoms with E-state index in [-0.39, 0.29) is 5.69 Å². The van der Waals surface area contributed by atoms with Crippen molar-refractivity contribution in [3.05, 3.63) is 26.5 Å². The highest BCUT2D eigenvalue weighted by Gasteiger charge is 2.45. The largest absolute Gasteiger partial charge is 0.394 e. The Labute approximate surface area is 111 Å². The molecule has 0 radical (unpaired) electrons. The molecule has 10 heteroatoms. The van der Waals surface area contributed by atoms with Gasteiger partial charge in [-0.2, -0.15) is 0 Å². The van der Waals surface area contributed by atoms with Crippen LogP contribution in [0.15, 0.2) is 10.5 Å². The third kappa shape index (κ3) is 2.53. The van der Waals surface area contributed by atoms with E-state index in [1.165, 1.54) is 5.38 Å². The number of hydrogen-bond donors (Lipinski definition) is 3. The highest BCUT2D eigenvalue weighted by atomic mass is 32.1. The second kappa shape index (κ2) is 5.51. The van der Waals surface area contributed by atoms with Crippen molar-refractivity contribution in [3.63, 3.8) is 0 Å². The van der Waals surface area contributed by atoms with Gasteiger partial charge in [0.2, 0.25) is 0 Å². The van der Waals surface area contributed by atoms with Crippen molar-refractivity contribution in [2.24, 2.45) is 10.8 Å². The summed E-state index contributed by atoms with van der Waals surface area (Å²) in [6.45, 7) is -0.414. The van der Waals surface area contributed by atoms with E-state index < -0.39 is 36.9 Å². The lowest BCUT2D eigenvalue weighted by Gasteiger charge is -2.12. The quantitative estimate of drug-likeness (QED) is 0.394. The van der Waals surface area contributed by atoms with Crippen LogP contribution in [0.2, 0.25) is 0 Å². The maximum Gasteiger partial charge on any atom is 0.268 e. The van der Waals surface area contributed by atoms with Crippen molar-refractivity contribution in [3.8, 4) is 0 Å². The van der Waals surface area contributed by atoms with Crippen molar-refractivity contribution in [2.75, 3.05) is 6.61 Å². The van der Waals surface area contributed by atoms with E-state index in [4.69, 9.17) is 21.1 Å². The first kappa shape index (κ1) is 13.7. The zero-order chi connectivity index (χ0) is 14.0. The van der Waals surface area contributed by atoms with E-state index in [0.717, 1.165) is 11.3 Å². The minimum Gasteiger partial charge on any atom is -0.394 e. The van der Waals surface area contributed by atoms with E-state index in [1.54, 1.807) is 0 Å². The van der Waals surface area contributed by atoms with Gasteiger partial charge in [0.05, 0.1) is 18.8 Å². The Bertz CT molecular complexity index is 528. The van der Waals surface area contributed by atoms with Crippen molar-refractivity contribution in [1.29, 1.82) is 0 Å². The van der Waals surface area contributed by atoms with E-state index in [1.807, 2.05) is 0 Å². The summed E-state index contributed by atoms with van der Waals surface area (Å²) in [5, 5.41) is 24.2. The molecule has 0 aliphatic carbocycles. The van der Waals surface area contributed by atoms with Gasteiger partial charge in [0.15, 0.2) is 0 Å². The highest BCUT2D eigenvalue weighted by molar-refractivity contribution is 7.09. The first-order valence-electron chi connectivity index (χ1n) is 5.32. The number of thiazole rings is 1. The Hall–Kier alpha value is -1.71. The number of aromatic nitrogens is 1. The normalized spacial score (nSPS) is 30.0. The molecule has 0 saturated carbocycles. The van der Waals surface area contributed by atoms with Gasteiger partial charge in [-0.15, -0.1) is 11.3 Å². The third-order valence-electron chi connectivity index (χ3n) is 2.75. The SMILES string of the molecule is [N-]=[N+]=N[C@@H]1[C@H](O)[C@@H](CO)O[C@H]1c1nc(C(N)=O)cs1. The molecule has 1 aromatic rings. The number of ether oxygens (including phenoxy) is 1. The molecule has 1 aliphatic rings. The number of azide groups is 1. The standard InChI is InChI=1S/C9H11N5O4S/c10-8(17)3-2-19-9(12-3)7-5(13-14-11)6(16)4(1-15)18-7/h2,4-7,15-16H,1H2,(H2,10,17)/t4-,5-,6-,7-/m1/s1. The van der Waals surface area contributed by atoms with Crippen LogP contribution in [0.25, 0.3) is 10.4 Å². The smallest absolute Gasteiger partial charge is 0.268 e. The number of nitrogens with two attached hydrogens (primary N) is 1. The number of aliphatic hydroxyl groups is 2. The second-order valence-electron chi connectivity index (χ2n) is 3.90. The number of hydrogen-bond acceptors (Lipinski definition) is 7. The summed E-state index contributed by atoms with van der Waals surface area (Å²) in [6, 6.07) is -0.908. The topological polar surface area (TPSA) is 154 Å². The average molecular weight is 285 g/mol. The van der Waals surface area contributed by atoms with Gasteiger partial charge in [0.25, 0.3) is 5.91 Å². The van der Waals surface area contributed by atoms with Crippen LogP contribution in [0.3, 0.4) is 0 Å². The molecule has 1 aromatic heterocycles. The molecular weight excluding hydrogens is 274 g/mol. The molecule has 19 heavy (non-hydrogen) atoms. The predicted octanol–water partition coefficient (Wildman–Crippen LogP) is -0.286. The van der Waals surface area contributed by atoms with Crippen LogP contribution in [-0.4, -0.2) is 46.0 Å². The van der Waals surface area contributed by atoms with E-state index >= 15 is 0 Å². The predicted molar refractivity (Wildman–Crippen MR) is 64.3 cm³/mol. The van der Waals surface area contributed by atoms with Gasteiger partial charge in [-0.3, -0.25) is 4.79 Å². The lowest BCUT2D eigenvalue weighted by atomic mass is 10.1. The van der Waals surface area contributed by atoms with Gasteiger partial charge >= 0.3 is 0 Å². The second-order valence-corrected chi connectivity index (χ2v) is 4.79. The Balaban J connectivity index is 2.30. The number of carbonyl (C=O) groups excluding carboxylic acids is 1. The van der Waals surface area contributed by atoms with Gasteiger partial charge in [-0.1, -0.05) is 5.11 Å². The number of carbonyl (C=O) groups is 1. The number of aliphatic hydroxyl groups excluding tert-OH is 2. The summed E-state index contributed by atoms with van der Waals surface area (Å²) in [6.07, 6.45) is -2.80. The average Bonchev–Trinajstić information content (AvgIpc) is 2.96. The monoisotopic (exact) mass is 285 g/mol. The molecule has 1 fully saturated rings. The molecule has 1 aliphatic heterocycles.